The Morgan fingerprint density at radius 2 is 1.88 bits per heavy atom. The first kappa shape index (κ1) is 15.4. The van der Waals surface area contributed by atoms with Gasteiger partial charge in [-0.25, -0.2) is 0 Å². The average Bonchev–Trinajstić information content (AvgIpc) is 3.11. The maximum atomic E-state index is 12.8. The standard InChI is InChI=1S/C17H24N6O/c1-23(10-15-11-5-3-2-4-6-13(11)19-21-15)17(24)16-12-7-8-18-9-14(12)20-22-16/h18H,2-10H2,1H3,(H,19,21)(H,20,22). The van der Waals surface area contributed by atoms with Crippen molar-refractivity contribution in [1.29, 1.82) is 0 Å². The van der Waals surface area contributed by atoms with Crippen LogP contribution in [0.5, 0.6) is 0 Å². The van der Waals surface area contributed by atoms with Gasteiger partial charge in [0.15, 0.2) is 5.69 Å². The van der Waals surface area contributed by atoms with E-state index in [4.69, 9.17) is 0 Å². The van der Waals surface area contributed by atoms with E-state index in [0.717, 1.165) is 49.3 Å². The summed E-state index contributed by atoms with van der Waals surface area (Å²) in [4.78, 5) is 14.6. The number of hydrogen-bond acceptors (Lipinski definition) is 4. The minimum absolute atomic E-state index is 0.0280. The van der Waals surface area contributed by atoms with E-state index >= 15 is 0 Å². The molecule has 0 radical (unpaired) electrons. The molecule has 0 bridgehead atoms. The van der Waals surface area contributed by atoms with E-state index < -0.39 is 0 Å². The van der Waals surface area contributed by atoms with Gasteiger partial charge in [0.05, 0.1) is 17.9 Å². The summed E-state index contributed by atoms with van der Waals surface area (Å²) in [5.74, 6) is -0.0280. The zero-order valence-corrected chi connectivity index (χ0v) is 14.1. The number of carbonyl (C=O) groups excluding carboxylic acids is 1. The van der Waals surface area contributed by atoms with Gasteiger partial charge in [0, 0.05) is 24.8 Å². The predicted molar refractivity (Wildman–Crippen MR) is 89.6 cm³/mol. The molecule has 0 unspecified atom stereocenters. The summed E-state index contributed by atoms with van der Waals surface area (Å²) in [7, 11) is 1.84. The van der Waals surface area contributed by atoms with Gasteiger partial charge >= 0.3 is 0 Å². The molecule has 2 aliphatic rings. The van der Waals surface area contributed by atoms with Gasteiger partial charge in [0.1, 0.15) is 0 Å². The Bertz CT molecular complexity index is 746. The van der Waals surface area contributed by atoms with E-state index in [1.54, 1.807) is 4.90 Å². The van der Waals surface area contributed by atoms with Crippen LogP contribution in [-0.4, -0.2) is 44.8 Å². The Balaban J connectivity index is 1.52. The molecule has 24 heavy (non-hydrogen) atoms. The molecule has 0 saturated carbocycles. The molecule has 0 aromatic carbocycles. The molecule has 2 aromatic rings. The fourth-order valence-corrected chi connectivity index (χ4v) is 3.75. The van der Waals surface area contributed by atoms with Gasteiger partial charge in [-0.05, 0) is 44.2 Å². The second-order valence-electron chi connectivity index (χ2n) is 6.81. The highest BCUT2D eigenvalue weighted by Gasteiger charge is 2.25. The van der Waals surface area contributed by atoms with Crippen LogP contribution in [-0.2, 0) is 32.4 Å². The lowest BCUT2D eigenvalue weighted by atomic mass is 10.0. The van der Waals surface area contributed by atoms with Crippen molar-refractivity contribution in [2.24, 2.45) is 0 Å². The molecule has 0 atom stereocenters. The predicted octanol–water partition coefficient (Wildman–Crippen LogP) is 1.32. The number of H-pyrrole nitrogens is 2. The van der Waals surface area contributed by atoms with Gasteiger partial charge in [-0.15, -0.1) is 0 Å². The molecule has 0 spiro atoms. The molecule has 2 aromatic heterocycles. The van der Waals surface area contributed by atoms with Crippen molar-refractivity contribution >= 4 is 5.91 Å². The van der Waals surface area contributed by atoms with E-state index in [9.17, 15) is 4.79 Å². The molecule has 7 nitrogen and oxygen atoms in total. The zero-order chi connectivity index (χ0) is 16.5. The van der Waals surface area contributed by atoms with Gasteiger partial charge in [0.25, 0.3) is 5.91 Å². The van der Waals surface area contributed by atoms with E-state index in [1.165, 1.54) is 30.5 Å². The summed E-state index contributed by atoms with van der Waals surface area (Å²) < 4.78 is 0. The van der Waals surface area contributed by atoms with Crippen LogP contribution in [0.15, 0.2) is 0 Å². The van der Waals surface area contributed by atoms with Gasteiger partial charge in [0.2, 0.25) is 0 Å². The van der Waals surface area contributed by atoms with E-state index in [0.29, 0.717) is 12.2 Å². The van der Waals surface area contributed by atoms with Crippen LogP contribution >= 0.6 is 0 Å². The molecule has 1 amide bonds. The van der Waals surface area contributed by atoms with Crippen molar-refractivity contribution in [1.82, 2.24) is 30.6 Å². The number of fused-ring (bicyclic) bond motifs is 2. The number of rotatable bonds is 3. The molecule has 3 heterocycles. The Labute approximate surface area is 141 Å². The first-order valence-corrected chi connectivity index (χ1v) is 8.81. The summed E-state index contributed by atoms with van der Waals surface area (Å²) in [5.41, 5.74) is 6.24. The van der Waals surface area contributed by atoms with Crippen molar-refractivity contribution < 1.29 is 4.79 Å². The third-order valence-corrected chi connectivity index (χ3v) is 5.13. The number of carbonyl (C=O) groups is 1. The highest BCUT2D eigenvalue weighted by molar-refractivity contribution is 5.93. The van der Waals surface area contributed by atoms with Gasteiger partial charge < -0.3 is 10.2 Å². The fourth-order valence-electron chi connectivity index (χ4n) is 3.75. The monoisotopic (exact) mass is 328 g/mol. The molecule has 3 N–H and O–H groups in total. The minimum atomic E-state index is -0.0280. The Kier molecular flexibility index (Phi) is 4.10. The van der Waals surface area contributed by atoms with Crippen molar-refractivity contribution in [2.75, 3.05) is 13.6 Å². The number of aromatic amines is 2. The molecule has 7 heteroatoms. The molecule has 4 rings (SSSR count). The van der Waals surface area contributed by atoms with Crippen LogP contribution in [0.25, 0.3) is 0 Å². The normalized spacial score (nSPS) is 17.0. The SMILES string of the molecule is CN(Cc1n[nH]c2c1CCCCC2)C(=O)c1n[nH]c2c1CCNC2. The molecule has 128 valence electrons. The smallest absolute Gasteiger partial charge is 0.274 e. The molecule has 1 aliphatic carbocycles. The van der Waals surface area contributed by atoms with E-state index in [1.807, 2.05) is 7.05 Å². The number of nitrogens with one attached hydrogen (secondary N) is 3. The quantitative estimate of drug-likeness (QED) is 0.741. The average molecular weight is 328 g/mol. The number of hydrogen-bond donors (Lipinski definition) is 3. The van der Waals surface area contributed by atoms with Crippen molar-refractivity contribution in [3.05, 3.63) is 33.9 Å². The molecular formula is C17H24N6O. The topological polar surface area (TPSA) is 89.7 Å². The van der Waals surface area contributed by atoms with Gasteiger partial charge in [-0.3, -0.25) is 15.0 Å². The van der Waals surface area contributed by atoms with Crippen molar-refractivity contribution in [2.45, 2.75) is 51.6 Å². The second-order valence-corrected chi connectivity index (χ2v) is 6.81. The molecule has 0 fully saturated rings. The summed E-state index contributed by atoms with van der Waals surface area (Å²) in [6.07, 6.45) is 6.67. The van der Waals surface area contributed by atoms with E-state index in [2.05, 4.69) is 25.7 Å². The lowest BCUT2D eigenvalue weighted by Gasteiger charge is -2.18. The van der Waals surface area contributed by atoms with Crippen LogP contribution in [0, 0.1) is 0 Å². The molecule has 0 saturated heterocycles. The van der Waals surface area contributed by atoms with Crippen LogP contribution in [0.2, 0.25) is 0 Å². The minimum Gasteiger partial charge on any atom is -0.334 e. The fraction of sp³-hybridized carbons (Fsp3) is 0.588. The number of amides is 1. The summed E-state index contributed by atoms with van der Waals surface area (Å²) in [6, 6.07) is 0. The Morgan fingerprint density at radius 3 is 2.79 bits per heavy atom. The van der Waals surface area contributed by atoms with Crippen LogP contribution in [0.1, 0.15) is 58.0 Å². The second kappa shape index (κ2) is 6.39. The Hall–Kier alpha value is -2.15. The highest BCUT2D eigenvalue weighted by atomic mass is 16.2. The first-order valence-electron chi connectivity index (χ1n) is 8.81. The number of nitrogens with zero attached hydrogens (tertiary/aromatic N) is 3. The third-order valence-electron chi connectivity index (χ3n) is 5.13. The Morgan fingerprint density at radius 1 is 1.04 bits per heavy atom. The number of aromatic nitrogens is 4. The zero-order valence-electron chi connectivity index (χ0n) is 14.1. The van der Waals surface area contributed by atoms with E-state index in [-0.39, 0.29) is 5.91 Å². The largest absolute Gasteiger partial charge is 0.334 e. The van der Waals surface area contributed by atoms with Gasteiger partial charge in [-0.1, -0.05) is 6.42 Å². The maximum Gasteiger partial charge on any atom is 0.274 e. The lowest BCUT2D eigenvalue weighted by Crippen LogP contribution is -2.30. The summed E-state index contributed by atoms with van der Waals surface area (Å²) in [5, 5.41) is 18.2. The molecule has 1 aliphatic heterocycles. The van der Waals surface area contributed by atoms with Crippen LogP contribution in [0.4, 0.5) is 0 Å². The number of aryl methyl sites for hydroxylation is 1. The maximum absolute atomic E-state index is 12.8. The summed E-state index contributed by atoms with van der Waals surface area (Å²) in [6.45, 7) is 2.18. The van der Waals surface area contributed by atoms with Crippen LogP contribution < -0.4 is 5.32 Å². The lowest BCUT2D eigenvalue weighted by molar-refractivity contribution is 0.0776. The first-order chi connectivity index (χ1) is 11.7. The van der Waals surface area contributed by atoms with Crippen LogP contribution in [0.3, 0.4) is 0 Å². The van der Waals surface area contributed by atoms with Crippen molar-refractivity contribution in [3.8, 4) is 0 Å². The third kappa shape index (κ3) is 2.73. The van der Waals surface area contributed by atoms with Gasteiger partial charge in [-0.2, -0.15) is 10.2 Å². The molecular weight excluding hydrogens is 304 g/mol. The van der Waals surface area contributed by atoms with Crippen molar-refractivity contribution in [3.63, 3.8) is 0 Å². The highest BCUT2D eigenvalue weighted by Crippen LogP contribution is 2.23. The summed E-state index contributed by atoms with van der Waals surface area (Å²) >= 11 is 0.